The second-order valence-electron chi connectivity index (χ2n) is 1.30. The first-order valence-electron chi connectivity index (χ1n) is 1.88. The van der Waals surface area contributed by atoms with Crippen LogP contribution in [0.2, 0.25) is 0 Å². The van der Waals surface area contributed by atoms with Gasteiger partial charge in [-0.3, -0.25) is 0 Å². The summed E-state index contributed by atoms with van der Waals surface area (Å²) in [7, 11) is 1.50. The van der Waals surface area contributed by atoms with Gasteiger partial charge in [0, 0.05) is 0 Å². The number of likely N-dealkylation sites (N-methyl/N-ethyl adjacent to an activating group) is 1. The van der Waals surface area contributed by atoms with Crippen LogP contribution in [0.15, 0.2) is 0 Å². The van der Waals surface area contributed by atoms with Crippen LogP contribution in [0.25, 0.3) is 0 Å². The first-order chi connectivity index (χ1) is 3.06. The minimum atomic E-state index is -2.56. The first kappa shape index (κ1) is 11.0. The maximum Gasteiger partial charge on any atom is 0.288 e. The standard InChI is InChI=1S/C3H9NO3.H2S/c1-4-2-3(5,6)7;/h4-7H,2H2,1H3;1H2. The Morgan fingerprint density at radius 1 is 1.38 bits per heavy atom. The maximum absolute atomic E-state index is 8.07. The van der Waals surface area contributed by atoms with Gasteiger partial charge >= 0.3 is 0 Å². The molecule has 0 amide bonds. The predicted molar refractivity (Wildman–Crippen MR) is 33.7 cm³/mol. The fourth-order valence-electron chi connectivity index (χ4n) is 0.237. The number of rotatable bonds is 2. The SMILES string of the molecule is CNCC(O)(O)O.S. The third-order valence-corrected chi connectivity index (χ3v) is 0.414. The molecule has 0 saturated heterocycles. The Bertz CT molecular complexity index is 53.0. The molecule has 0 fully saturated rings. The Balaban J connectivity index is 0. The van der Waals surface area contributed by atoms with Gasteiger partial charge in [0.05, 0.1) is 6.54 Å². The van der Waals surface area contributed by atoms with Crippen molar-refractivity contribution in [3.8, 4) is 0 Å². The molecule has 52 valence electrons. The summed E-state index contributed by atoms with van der Waals surface area (Å²) in [6.45, 7) is -0.243. The maximum atomic E-state index is 8.07. The molecule has 0 spiro atoms. The van der Waals surface area contributed by atoms with E-state index in [2.05, 4.69) is 5.32 Å². The van der Waals surface area contributed by atoms with Crippen LogP contribution in [0, 0.1) is 0 Å². The minimum Gasteiger partial charge on any atom is -0.343 e. The van der Waals surface area contributed by atoms with E-state index in [4.69, 9.17) is 15.3 Å². The van der Waals surface area contributed by atoms with E-state index in [0.29, 0.717) is 0 Å². The van der Waals surface area contributed by atoms with E-state index in [1.165, 1.54) is 7.05 Å². The molecule has 5 heteroatoms. The van der Waals surface area contributed by atoms with E-state index in [1.54, 1.807) is 0 Å². The summed E-state index contributed by atoms with van der Waals surface area (Å²) in [5.74, 6) is -2.56. The second-order valence-corrected chi connectivity index (χ2v) is 1.30. The van der Waals surface area contributed by atoms with Crippen molar-refractivity contribution in [2.24, 2.45) is 0 Å². The fourth-order valence-corrected chi connectivity index (χ4v) is 0.237. The Morgan fingerprint density at radius 2 is 1.75 bits per heavy atom. The van der Waals surface area contributed by atoms with Crippen LogP contribution in [0.5, 0.6) is 0 Å². The van der Waals surface area contributed by atoms with E-state index in [0.717, 1.165) is 0 Å². The molecule has 4 N–H and O–H groups in total. The van der Waals surface area contributed by atoms with Crippen molar-refractivity contribution < 1.29 is 15.3 Å². The lowest BCUT2D eigenvalue weighted by atomic mass is 10.6. The average Bonchev–Trinajstić information content (AvgIpc) is 1.30. The largest absolute Gasteiger partial charge is 0.343 e. The summed E-state index contributed by atoms with van der Waals surface area (Å²) in [5, 5.41) is 26.6. The molecular formula is C3H11NO3S. The van der Waals surface area contributed by atoms with E-state index >= 15 is 0 Å². The van der Waals surface area contributed by atoms with Crippen LogP contribution < -0.4 is 5.32 Å². The van der Waals surface area contributed by atoms with Gasteiger partial charge in [0.15, 0.2) is 0 Å². The summed E-state index contributed by atoms with van der Waals surface area (Å²) >= 11 is 0. The second kappa shape index (κ2) is 4.11. The monoisotopic (exact) mass is 141 g/mol. The van der Waals surface area contributed by atoms with Gasteiger partial charge in [0.2, 0.25) is 0 Å². The zero-order valence-electron chi connectivity index (χ0n) is 4.55. The molecule has 0 aromatic rings. The van der Waals surface area contributed by atoms with Gasteiger partial charge in [-0.15, -0.1) is 0 Å². The van der Waals surface area contributed by atoms with Crippen LogP contribution in [0.3, 0.4) is 0 Å². The Labute approximate surface area is 54.6 Å². The molecule has 0 aliphatic rings. The number of hydrogen-bond acceptors (Lipinski definition) is 4. The van der Waals surface area contributed by atoms with Gasteiger partial charge in [-0.1, -0.05) is 0 Å². The van der Waals surface area contributed by atoms with Gasteiger partial charge in [-0.05, 0) is 7.05 Å². The molecule has 0 radical (unpaired) electrons. The third-order valence-electron chi connectivity index (χ3n) is 0.414. The lowest BCUT2D eigenvalue weighted by Gasteiger charge is -2.11. The average molecular weight is 141 g/mol. The molecule has 4 nitrogen and oxygen atoms in total. The molecule has 0 rings (SSSR count). The van der Waals surface area contributed by atoms with Crippen LogP contribution in [0.1, 0.15) is 0 Å². The molecule has 0 saturated carbocycles. The van der Waals surface area contributed by atoms with Crippen molar-refractivity contribution >= 4 is 13.5 Å². The zero-order chi connectivity index (χ0) is 5.91. The van der Waals surface area contributed by atoms with Crippen LogP contribution in [0.4, 0.5) is 0 Å². The molecule has 0 atom stereocenters. The van der Waals surface area contributed by atoms with E-state index < -0.39 is 5.97 Å². The molecule has 8 heavy (non-hydrogen) atoms. The Morgan fingerprint density at radius 3 is 1.75 bits per heavy atom. The zero-order valence-corrected chi connectivity index (χ0v) is 5.55. The fraction of sp³-hybridized carbons (Fsp3) is 1.00. The first-order valence-corrected chi connectivity index (χ1v) is 1.88. The van der Waals surface area contributed by atoms with Crippen LogP contribution >= 0.6 is 13.5 Å². The van der Waals surface area contributed by atoms with Crippen molar-refractivity contribution in [2.75, 3.05) is 13.6 Å². The summed E-state index contributed by atoms with van der Waals surface area (Å²) in [6, 6.07) is 0. The summed E-state index contributed by atoms with van der Waals surface area (Å²) in [5.41, 5.74) is 0. The van der Waals surface area contributed by atoms with E-state index in [-0.39, 0.29) is 20.0 Å². The lowest BCUT2D eigenvalue weighted by Crippen LogP contribution is -2.38. The van der Waals surface area contributed by atoms with Gasteiger partial charge in [0.1, 0.15) is 0 Å². The van der Waals surface area contributed by atoms with Gasteiger partial charge in [-0.2, -0.15) is 13.5 Å². The third kappa shape index (κ3) is 9.50. The van der Waals surface area contributed by atoms with Crippen molar-refractivity contribution in [1.82, 2.24) is 5.32 Å². The predicted octanol–water partition coefficient (Wildman–Crippen LogP) is -2.05. The van der Waals surface area contributed by atoms with Crippen molar-refractivity contribution in [2.45, 2.75) is 5.97 Å². The van der Waals surface area contributed by atoms with Crippen molar-refractivity contribution in [3.63, 3.8) is 0 Å². The molecule has 0 aromatic carbocycles. The Hall–Kier alpha value is 0.190. The topological polar surface area (TPSA) is 72.7 Å². The highest BCUT2D eigenvalue weighted by Crippen LogP contribution is 1.85. The lowest BCUT2D eigenvalue weighted by molar-refractivity contribution is -0.305. The summed E-state index contributed by atoms with van der Waals surface area (Å²) in [6.07, 6.45) is 0. The van der Waals surface area contributed by atoms with Crippen molar-refractivity contribution in [3.05, 3.63) is 0 Å². The van der Waals surface area contributed by atoms with Crippen LogP contribution in [-0.2, 0) is 0 Å². The quantitative estimate of drug-likeness (QED) is 0.334. The highest BCUT2D eigenvalue weighted by molar-refractivity contribution is 7.59. The molecule has 0 bridgehead atoms. The van der Waals surface area contributed by atoms with Gasteiger partial charge in [-0.25, -0.2) is 0 Å². The number of aliphatic hydroxyl groups is 3. The molecule has 0 aliphatic carbocycles. The van der Waals surface area contributed by atoms with Gasteiger partial charge in [0.25, 0.3) is 5.97 Å². The molecular weight excluding hydrogens is 130 g/mol. The smallest absolute Gasteiger partial charge is 0.288 e. The number of nitrogens with one attached hydrogen (secondary N) is 1. The highest BCUT2D eigenvalue weighted by atomic mass is 32.1. The molecule has 0 aromatic heterocycles. The normalized spacial score (nSPS) is 10.5. The van der Waals surface area contributed by atoms with Crippen molar-refractivity contribution in [1.29, 1.82) is 0 Å². The minimum absolute atomic E-state index is 0. The van der Waals surface area contributed by atoms with Crippen LogP contribution in [-0.4, -0.2) is 34.9 Å². The Kier molecular flexibility index (Phi) is 5.67. The number of hydrogen-bond donors (Lipinski definition) is 4. The molecule has 0 aliphatic heterocycles. The summed E-state index contributed by atoms with van der Waals surface area (Å²) in [4.78, 5) is 0. The van der Waals surface area contributed by atoms with E-state index in [1.807, 2.05) is 0 Å². The van der Waals surface area contributed by atoms with E-state index in [9.17, 15) is 0 Å². The molecule has 0 unspecified atom stereocenters. The molecule has 0 heterocycles. The highest BCUT2D eigenvalue weighted by Gasteiger charge is 2.14. The summed E-state index contributed by atoms with van der Waals surface area (Å²) < 4.78 is 0. The van der Waals surface area contributed by atoms with Gasteiger partial charge < -0.3 is 20.6 Å².